The van der Waals surface area contributed by atoms with Crippen molar-refractivity contribution in [2.45, 2.75) is 19.4 Å². The number of hydrogen-bond donors (Lipinski definition) is 0. The fourth-order valence-corrected chi connectivity index (χ4v) is 1.54. The molecule has 0 heterocycles. The van der Waals surface area contributed by atoms with Crippen molar-refractivity contribution in [3.05, 3.63) is 35.9 Å². The monoisotopic (exact) mass is 191 g/mol. The van der Waals surface area contributed by atoms with E-state index in [9.17, 15) is 4.79 Å². The number of carbonyl (C=O) groups excluding carboxylic acids is 1. The summed E-state index contributed by atoms with van der Waals surface area (Å²) in [5, 5.41) is 0. The summed E-state index contributed by atoms with van der Waals surface area (Å²) in [5.74, 6) is 0.161. The molecule has 76 valence electrons. The largest absolute Gasteiger partial charge is 0.298 e. The Hall–Kier alpha value is -1.15. The third-order valence-corrected chi connectivity index (χ3v) is 2.92. The van der Waals surface area contributed by atoms with Gasteiger partial charge in [-0.05, 0) is 33.5 Å². The second-order valence-corrected chi connectivity index (χ2v) is 3.89. The molecular formula is C12H17NO. The third kappa shape index (κ3) is 1.70. The lowest BCUT2D eigenvalue weighted by molar-refractivity contribution is -0.127. The molecule has 0 aliphatic rings. The minimum Gasteiger partial charge on any atom is -0.298 e. The summed E-state index contributed by atoms with van der Waals surface area (Å²) in [6.07, 6.45) is 0. The predicted molar refractivity (Wildman–Crippen MR) is 58.2 cm³/mol. The molecule has 1 aromatic rings. The van der Waals surface area contributed by atoms with E-state index < -0.39 is 5.54 Å². The molecule has 0 aromatic heterocycles. The first-order valence-electron chi connectivity index (χ1n) is 4.73. The molecule has 1 rings (SSSR count). The van der Waals surface area contributed by atoms with Crippen LogP contribution in [0, 0.1) is 0 Å². The van der Waals surface area contributed by atoms with Crippen molar-refractivity contribution < 1.29 is 4.79 Å². The molecule has 0 saturated carbocycles. The van der Waals surface area contributed by atoms with Crippen molar-refractivity contribution in [1.29, 1.82) is 0 Å². The first-order valence-corrected chi connectivity index (χ1v) is 4.73. The van der Waals surface area contributed by atoms with Crippen LogP contribution in [0.15, 0.2) is 30.3 Å². The van der Waals surface area contributed by atoms with Gasteiger partial charge in [0.15, 0.2) is 5.78 Å². The summed E-state index contributed by atoms with van der Waals surface area (Å²) in [4.78, 5) is 13.6. The fraction of sp³-hybridized carbons (Fsp3) is 0.417. The fourth-order valence-electron chi connectivity index (χ4n) is 1.54. The number of Topliss-reactive ketones (excluding diaryl/α,β-unsaturated/α-hetero) is 1. The maximum Gasteiger partial charge on any atom is 0.154 e. The molecule has 0 saturated heterocycles. The highest BCUT2D eigenvalue weighted by molar-refractivity contribution is 5.87. The Labute approximate surface area is 85.5 Å². The highest BCUT2D eigenvalue weighted by Gasteiger charge is 2.33. The van der Waals surface area contributed by atoms with Crippen LogP contribution < -0.4 is 0 Å². The average Bonchev–Trinajstić information content (AvgIpc) is 2.17. The van der Waals surface area contributed by atoms with Gasteiger partial charge in [0.1, 0.15) is 5.54 Å². The van der Waals surface area contributed by atoms with Gasteiger partial charge in [-0.15, -0.1) is 0 Å². The van der Waals surface area contributed by atoms with Crippen LogP contribution in [0.2, 0.25) is 0 Å². The Morgan fingerprint density at radius 1 is 1.21 bits per heavy atom. The van der Waals surface area contributed by atoms with Crippen molar-refractivity contribution in [3.8, 4) is 0 Å². The zero-order chi connectivity index (χ0) is 10.8. The molecule has 1 atom stereocenters. The number of likely N-dealkylation sites (N-methyl/N-ethyl adjacent to an activating group) is 1. The summed E-state index contributed by atoms with van der Waals surface area (Å²) in [6.45, 7) is 3.58. The number of ketones is 1. The normalized spacial score (nSPS) is 15.2. The second-order valence-electron chi connectivity index (χ2n) is 3.89. The Bertz CT molecular complexity index is 318. The minimum absolute atomic E-state index is 0.161. The Kier molecular flexibility index (Phi) is 3.06. The topological polar surface area (TPSA) is 20.3 Å². The lowest BCUT2D eigenvalue weighted by atomic mass is 9.87. The highest BCUT2D eigenvalue weighted by Crippen LogP contribution is 2.26. The van der Waals surface area contributed by atoms with Gasteiger partial charge >= 0.3 is 0 Å². The number of hydrogen-bond acceptors (Lipinski definition) is 2. The van der Waals surface area contributed by atoms with Gasteiger partial charge in [-0.3, -0.25) is 9.69 Å². The van der Waals surface area contributed by atoms with Gasteiger partial charge in [0.25, 0.3) is 0 Å². The van der Waals surface area contributed by atoms with E-state index in [1.54, 1.807) is 6.92 Å². The van der Waals surface area contributed by atoms with E-state index in [2.05, 4.69) is 0 Å². The number of rotatable bonds is 3. The van der Waals surface area contributed by atoms with Crippen molar-refractivity contribution in [3.63, 3.8) is 0 Å². The zero-order valence-corrected chi connectivity index (χ0v) is 9.24. The van der Waals surface area contributed by atoms with E-state index in [-0.39, 0.29) is 5.78 Å². The molecule has 0 aliphatic carbocycles. The molecule has 0 fully saturated rings. The van der Waals surface area contributed by atoms with Crippen LogP contribution in [0.1, 0.15) is 19.4 Å². The van der Waals surface area contributed by atoms with Crippen molar-refractivity contribution in [2.75, 3.05) is 14.1 Å². The van der Waals surface area contributed by atoms with E-state index >= 15 is 0 Å². The van der Waals surface area contributed by atoms with Crippen LogP contribution in [0.5, 0.6) is 0 Å². The smallest absolute Gasteiger partial charge is 0.154 e. The van der Waals surface area contributed by atoms with Gasteiger partial charge in [-0.25, -0.2) is 0 Å². The van der Waals surface area contributed by atoms with Crippen LogP contribution in [0.3, 0.4) is 0 Å². The molecule has 0 N–H and O–H groups in total. The van der Waals surface area contributed by atoms with E-state index in [4.69, 9.17) is 0 Å². The van der Waals surface area contributed by atoms with E-state index in [1.807, 2.05) is 56.3 Å². The van der Waals surface area contributed by atoms with Gasteiger partial charge in [-0.1, -0.05) is 30.3 Å². The van der Waals surface area contributed by atoms with Crippen LogP contribution in [0.25, 0.3) is 0 Å². The van der Waals surface area contributed by atoms with Gasteiger partial charge in [0, 0.05) is 0 Å². The summed E-state index contributed by atoms with van der Waals surface area (Å²) in [6, 6.07) is 9.85. The number of carbonyl (C=O) groups is 1. The molecular weight excluding hydrogens is 174 g/mol. The maximum atomic E-state index is 11.7. The van der Waals surface area contributed by atoms with Crippen LogP contribution in [-0.4, -0.2) is 24.8 Å². The molecule has 2 heteroatoms. The van der Waals surface area contributed by atoms with Gasteiger partial charge in [0.2, 0.25) is 0 Å². The van der Waals surface area contributed by atoms with E-state index in [0.717, 1.165) is 5.56 Å². The molecule has 1 unspecified atom stereocenters. The minimum atomic E-state index is -0.513. The van der Waals surface area contributed by atoms with E-state index in [0.29, 0.717) is 0 Å². The molecule has 2 nitrogen and oxygen atoms in total. The number of benzene rings is 1. The van der Waals surface area contributed by atoms with Crippen molar-refractivity contribution in [2.24, 2.45) is 0 Å². The Morgan fingerprint density at radius 3 is 2.07 bits per heavy atom. The molecule has 0 aliphatic heterocycles. The summed E-state index contributed by atoms with van der Waals surface area (Å²) >= 11 is 0. The van der Waals surface area contributed by atoms with Crippen LogP contribution in [0.4, 0.5) is 0 Å². The SMILES string of the molecule is CC(=O)C(C)(c1ccccc1)N(C)C. The number of nitrogens with zero attached hydrogens (tertiary/aromatic N) is 1. The molecule has 0 amide bonds. The first kappa shape index (κ1) is 10.9. The van der Waals surface area contributed by atoms with Crippen molar-refractivity contribution >= 4 is 5.78 Å². The molecule has 1 aromatic carbocycles. The zero-order valence-electron chi connectivity index (χ0n) is 9.24. The van der Waals surface area contributed by atoms with Gasteiger partial charge < -0.3 is 0 Å². The molecule has 0 radical (unpaired) electrons. The van der Waals surface area contributed by atoms with Crippen LogP contribution in [-0.2, 0) is 10.3 Å². The van der Waals surface area contributed by atoms with Crippen molar-refractivity contribution in [1.82, 2.24) is 4.90 Å². The lowest BCUT2D eigenvalue weighted by Crippen LogP contribution is -2.44. The quantitative estimate of drug-likeness (QED) is 0.728. The molecule has 14 heavy (non-hydrogen) atoms. The van der Waals surface area contributed by atoms with Crippen LogP contribution >= 0.6 is 0 Å². The Morgan fingerprint density at radius 2 is 1.71 bits per heavy atom. The Balaban J connectivity index is 3.20. The average molecular weight is 191 g/mol. The second kappa shape index (κ2) is 3.93. The van der Waals surface area contributed by atoms with Gasteiger partial charge in [0.05, 0.1) is 0 Å². The van der Waals surface area contributed by atoms with E-state index in [1.165, 1.54) is 0 Å². The lowest BCUT2D eigenvalue weighted by Gasteiger charge is -2.34. The molecule has 0 bridgehead atoms. The summed E-state index contributed by atoms with van der Waals surface area (Å²) < 4.78 is 0. The predicted octanol–water partition coefficient (Wildman–Crippen LogP) is 2.05. The summed E-state index contributed by atoms with van der Waals surface area (Å²) in [7, 11) is 3.85. The highest BCUT2D eigenvalue weighted by atomic mass is 16.1. The standard InChI is InChI=1S/C12H17NO/c1-10(14)12(2,13(3)4)11-8-6-5-7-9-11/h5-9H,1-4H3. The van der Waals surface area contributed by atoms with Gasteiger partial charge in [-0.2, -0.15) is 0 Å². The molecule has 0 spiro atoms. The summed E-state index contributed by atoms with van der Waals surface area (Å²) in [5.41, 5.74) is 0.527. The third-order valence-electron chi connectivity index (χ3n) is 2.92. The maximum absolute atomic E-state index is 11.7. The first-order chi connectivity index (χ1) is 6.49.